The number of carbonyl (C=O) groups excluding carboxylic acids is 4. The van der Waals surface area contributed by atoms with Crippen molar-refractivity contribution in [2.24, 2.45) is 17.6 Å². The zero-order valence-corrected chi connectivity index (χ0v) is 24.4. The van der Waals surface area contributed by atoms with Crippen LogP contribution in [-0.4, -0.2) is 85.6 Å². The zero-order chi connectivity index (χ0) is 31.0. The summed E-state index contributed by atoms with van der Waals surface area (Å²) in [6.45, 7) is 6.55. The van der Waals surface area contributed by atoms with Crippen molar-refractivity contribution in [2.75, 3.05) is 21.3 Å². The number of aliphatic hydroxyl groups excluding tert-OH is 2. The first kappa shape index (κ1) is 33.6. The molecular formula is C29H40N2O10. The molecule has 0 spiro atoms. The number of carbonyl (C=O) groups is 4. The van der Waals surface area contributed by atoms with Crippen LogP contribution in [-0.2, 0) is 33.3 Å². The van der Waals surface area contributed by atoms with E-state index in [-0.39, 0.29) is 29.0 Å². The SMILES string of the molecule is COC1=C2C(=O)C(=CC1=O)NC(=O)/C(C)=C/C=C\C(OC)[C@@H](OC(N)=O)/C(C)=C/[C@H](C)[C@@H](O)[C@@H](OC)C[C@H](C)C2O. The number of aliphatic hydroxyl groups is 2. The highest BCUT2D eigenvalue weighted by molar-refractivity contribution is 6.23. The van der Waals surface area contributed by atoms with Crippen LogP contribution in [0.3, 0.4) is 0 Å². The van der Waals surface area contributed by atoms with Crippen LogP contribution in [0.4, 0.5) is 4.79 Å². The molecule has 0 aromatic carbocycles. The minimum absolute atomic E-state index is 0.0793. The van der Waals surface area contributed by atoms with Crippen LogP contribution in [0.25, 0.3) is 0 Å². The third kappa shape index (κ3) is 8.23. The fourth-order valence-corrected chi connectivity index (χ4v) is 4.77. The molecule has 0 fully saturated rings. The van der Waals surface area contributed by atoms with Crippen LogP contribution in [0.5, 0.6) is 0 Å². The normalized spacial score (nSPS) is 34.0. The van der Waals surface area contributed by atoms with Crippen molar-refractivity contribution in [3.05, 3.63) is 58.6 Å². The van der Waals surface area contributed by atoms with E-state index in [1.165, 1.54) is 40.4 Å². The van der Waals surface area contributed by atoms with Crippen LogP contribution in [0.2, 0.25) is 0 Å². The van der Waals surface area contributed by atoms with Gasteiger partial charge in [0, 0.05) is 31.8 Å². The number of methoxy groups -OCH3 is 3. The van der Waals surface area contributed by atoms with Gasteiger partial charge in [0.15, 0.2) is 11.9 Å². The van der Waals surface area contributed by atoms with E-state index in [9.17, 15) is 29.4 Å². The zero-order valence-electron chi connectivity index (χ0n) is 24.4. The number of ether oxygens (including phenoxy) is 4. The smallest absolute Gasteiger partial charge is 0.405 e. The molecule has 2 amide bonds. The van der Waals surface area contributed by atoms with Gasteiger partial charge in [0.2, 0.25) is 11.6 Å². The van der Waals surface area contributed by atoms with E-state index in [0.717, 1.165) is 6.08 Å². The molecule has 12 heteroatoms. The van der Waals surface area contributed by atoms with Crippen LogP contribution < -0.4 is 11.1 Å². The molecule has 0 saturated carbocycles. The van der Waals surface area contributed by atoms with E-state index >= 15 is 0 Å². The monoisotopic (exact) mass is 576 g/mol. The molecule has 7 atom stereocenters. The molecule has 0 aromatic heterocycles. The quantitative estimate of drug-likeness (QED) is 0.282. The Morgan fingerprint density at radius 2 is 1.73 bits per heavy atom. The van der Waals surface area contributed by atoms with Crippen LogP contribution in [0, 0.1) is 11.8 Å². The van der Waals surface area contributed by atoms with E-state index in [4.69, 9.17) is 24.7 Å². The maximum atomic E-state index is 13.4. The summed E-state index contributed by atoms with van der Waals surface area (Å²) >= 11 is 0. The minimum Gasteiger partial charge on any atom is -0.492 e. The van der Waals surface area contributed by atoms with Gasteiger partial charge in [0.25, 0.3) is 5.91 Å². The Morgan fingerprint density at radius 3 is 2.29 bits per heavy atom. The van der Waals surface area contributed by atoms with E-state index in [1.54, 1.807) is 32.9 Å². The number of hydrogen-bond acceptors (Lipinski definition) is 10. The van der Waals surface area contributed by atoms with Crippen LogP contribution >= 0.6 is 0 Å². The summed E-state index contributed by atoms with van der Waals surface area (Å²) in [7, 11) is 4.01. The van der Waals surface area contributed by atoms with Crippen molar-refractivity contribution in [3.63, 3.8) is 0 Å². The fourth-order valence-electron chi connectivity index (χ4n) is 4.77. The second kappa shape index (κ2) is 14.9. The van der Waals surface area contributed by atoms with Gasteiger partial charge in [-0.25, -0.2) is 4.79 Å². The molecule has 2 rings (SSSR count). The molecule has 0 saturated heterocycles. The lowest BCUT2D eigenvalue weighted by molar-refractivity contribution is -0.121. The lowest BCUT2D eigenvalue weighted by Gasteiger charge is -2.31. The third-order valence-corrected chi connectivity index (χ3v) is 7.14. The van der Waals surface area contributed by atoms with Crippen LogP contribution in [0.15, 0.2) is 58.6 Å². The third-order valence-electron chi connectivity index (χ3n) is 7.14. The summed E-state index contributed by atoms with van der Waals surface area (Å²) in [5.41, 5.74) is 5.39. The first-order valence-corrected chi connectivity index (χ1v) is 13.1. The number of nitrogens with two attached hydrogens (primary N) is 1. The number of Topliss-reactive ketones (excluding diaryl/α,β-unsaturated/α-hetero) is 1. The topological polar surface area (TPSA) is 184 Å². The molecule has 1 aliphatic carbocycles. The van der Waals surface area contributed by atoms with E-state index in [1.807, 2.05) is 0 Å². The van der Waals surface area contributed by atoms with Gasteiger partial charge in [0.1, 0.15) is 6.10 Å². The molecule has 1 heterocycles. The lowest BCUT2D eigenvalue weighted by atomic mass is 9.83. The van der Waals surface area contributed by atoms with Crippen molar-refractivity contribution in [1.82, 2.24) is 5.32 Å². The van der Waals surface area contributed by atoms with Gasteiger partial charge in [-0.3, -0.25) is 14.4 Å². The molecular weight excluding hydrogens is 536 g/mol. The summed E-state index contributed by atoms with van der Waals surface area (Å²) in [4.78, 5) is 50.7. The molecule has 0 aromatic rings. The molecule has 2 unspecified atom stereocenters. The summed E-state index contributed by atoms with van der Waals surface area (Å²) in [6.07, 6.45) is 1.02. The largest absolute Gasteiger partial charge is 0.492 e. The average molecular weight is 577 g/mol. The van der Waals surface area contributed by atoms with Gasteiger partial charge in [-0.15, -0.1) is 0 Å². The molecule has 0 radical (unpaired) electrons. The Kier molecular flexibility index (Phi) is 12.2. The lowest BCUT2D eigenvalue weighted by Crippen LogP contribution is -2.40. The first-order valence-electron chi connectivity index (χ1n) is 13.1. The fraction of sp³-hybridized carbons (Fsp3) is 0.517. The number of fused-ring (bicyclic) bond motifs is 2. The second-order valence-corrected chi connectivity index (χ2v) is 10.1. The average Bonchev–Trinajstić information content (AvgIpc) is 2.92. The van der Waals surface area contributed by atoms with Gasteiger partial charge >= 0.3 is 6.09 Å². The van der Waals surface area contributed by atoms with Crippen molar-refractivity contribution in [3.8, 4) is 0 Å². The second-order valence-electron chi connectivity index (χ2n) is 10.1. The van der Waals surface area contributed by atoms with Gasteiger partial charge in [-0.05, 0) is 31.8 Å². The molecule has 12 nitrogen and oxygen atoms in total. The Bertz CT molecular complexity index is 1180. The molecule has 41 heavy (non-hydrogen) atoms. The van der Waals surface area contributed by atoms with Crippen molar-refractivity contribution < 1.29 is 48.3 Å². The summed E-state index contributed by atoms with van der Waals surface area (Å²) in [5, 5.41) is 24.8. The Morgan fingerprint density at radius 1 is 1.07 bits per heavy atom. The van der Waals surface area contributed by atoms with Crippen LogP contribution in [0.1, 0.15) is 34.1 Å². The number of allylic oxidation sites excluding steroid dienone is 4. The molecule has 2 bridgehead atoms. The number of hydrogen-bond donors (Lipinski definition) is 4. The van der Waals surface area contributed by atoms with E-state index < -0.39 is 65.9 Å². The summed E-state index contributed by atoms with van der Waals surface area (Å²) in [6, 6.07) is 0. The van der Waals surface area contributed by atoms with E-state index in [0.29, 0.717) is 5.57 Å². The maximum Gasteiger partial charge on any atom is 0.405 e. The summed E-state index contributed by atoms with van der Waals surface area (Å²) < 4.78 is 21.5. The predicted molar refractivity (Wildman–Crippen MR) is 148 cm³/mol. The van der Waals surface area contributed by atoms with Crippen molar-refractivity contribution in [1.29, 1.82) is 0 Å². The highest BCUT2D eigenvalue weighted by atomic mass is 16.6. The highest BCUT2D eigenvalue weighted by Gasteiger charge is 2.38. The number of primary amides is 1. The molecule has 5 N–H and O–H groups in total. The van der Waals surface area contributed by atoms with Crippen molar-refractivity contribution in [2.45, 2.75) is 64.6 Å². The molecule has 226 valence electrons. The number of rotatable bonds is 4. The molecule has 1 aliphatic heterocycles. The maximum absolute atomic E-state index is 13.4. The Labute approximate surface area is 239 Å². The van der Waals surface area contributed by atoms with Gasteiger partial charge in [-0.1, -0.05) is 38.2 Å². The summed E-state index contributed by atoms with van der Waals surface area (Å²) in [5.74, 6) is -3.71. The van der Waals surface area contributed by atoms with Gasteiger partial charge in [-0.2, -0.15) is 0 Å². The van der Waals surface area contributed by atoms with Crippen molar-refractivity contribution >= 4 is 23.6 Å². The first-order chi connectivity index (χ1) is 19.3. The van der Waals surface area contributed by atoms with E-state index in [2.05, 4.69) is 5.32 Å². The Balaban J connectivity index is 2.66. The molecule has 2 aliphatic rings. The minimum atomic E-state index is -1.49. The van der Waals surface area contributed by atoms with Gasteiger partial charge in [0.05, 0.1) is 36.7 Å². The highest BCUT2D eigenvalue weighted by Crippen LogP contribution is 2.30. The Hall–Kier alpha value is -3.58. The standard InChI is InChI=1S/C29H40N2O10/c1-14-9-8-10-20(38-5)26(41-29(30)37)17(4)11-15(2)23(33)21(39-6)12-16(3)24(34)22-25(35)18(31-28(14)36)13-19(32)27(22)40-7/h8-11,13,15-16,20-21,23-24,26,33-34H,12H2,1-7H3,(H2,30,37)(H,31,36)/b10-8-,14-9+,17-11+/t15-,16-,20?,21-,23+,24?,26-/m0/s1. The number of ketones is 2. The number of nitrogens with one attached hydrogen (secondary N) is 1. The van der Waals surface area contributed by atoms with Gasteiger partial charge < -0.3 is 40.2 Å². The number of amides is 2. The predicted octanol–water partition coefficient (Wildman–Crippen LogP) is 1.38.